The van der Waals surface area contributed by atoms with Crippen molar-refractivity contribution in [3.05, 3.63) is 0 Å². The number of hydrogen-bond donors (Lipinski definition) is 0. The summed E-state index contributed by atoms with van der Waals surface area (Å²) in [6, 6.07) is 0. The first-order valence-electron chi connectivity index (χ1n) is 4.66. The first-order valence-corrected chi connectivity index (χ1v) is 6.47. The number of nitrogens with zero attached hydrogens (tertiary/aromatic N) is 1. The lowest BCUT2D eigenvalue weighted by atomic mass is 9.99. The number of rotatable bonds is 2. The lowest BCUT2D eigenvalue weighted by molar-refractivity contribution is -0.180. The average molecular weight is 233 g/mol. The molecule has 2 rings (SSSR count). The van der Waals surface area contributed by atoms with Crippen LogP contribution >= 0.6 is 0 Å². The SMILES string of the molecule is CS(=O)(=O)ON1C(=O)C2CCC(C2)C1=O. The number of hydrogen-bond acceptors (Lipinski definition) is 5. The van der Waals surface area contributed by atoms with Crippen molar-refractivity contribution in [3.63, 3.8) is 0 Å². The number of hydroxylamine groups is 2. The minimum atomic E-state index is -3.82. The quantitative estimate of drug-likeness (QED) is 0.610. The second kappa shape index (κ2) is 3.28. The van der Waals surface area contributed by atoms with Gasteiger partial charge in [0.2, 0.25) is 0 Å². The van der Waals surface area contributed by atoms with Gasteiger partial charge in [0.05, 0.1) is 6.26 Å². The maximum atomic E-state index is 11.6. The Balaban J connectivity index is 2.24. The van der Waals surface area contributed by atoms with Crippen molar-refractivity contribution in [2.24, 2.45) is 11.8 Å². The fraction of sp³-hybridized carbons (Fsp3) is 0.750. The monoisotopic (exact) mass is 233 g/mol. The third kappa shape index (κ3) is 1.89. The zero-order valence-corrected chi connectivity index (χ0v) is 8.99. The Morgan fingerprint density at radius 1 is 1.20 bits per heavy atom. The van der Waals surface area contributed by atoms with E-state index < -0.39 is 21.9 Å². The maximum Gasteiger partial charge on any atom is 0.285 e. The van der Waals surface area contributed by atoms with Crippen LogP contribution in [0.3, 0.4) is 0 Å². The number of carbonyl (C=O) groups excluding carboxylic acids is 2. The summed E-state index contributed by atoms with van der Waals surface area (Å²) in [7, 11) is -3.82. The second-order valence-electron chi connectivity index (χ2n) is 3.96. The van der Waals surface area contributed by atoms with E-state index in [4.69, 9.17) is 0 Å². The number of fused-ring (bicyclic) bond motifs is 2. The van der Waals surface area contributed by atoms with Gasteiger partial charge in [-0.25, -0.2) is 0 Å². The summed E-state index contributed by atoms with van der Waals surface area (Å²) in [6.45, 7) is 0. The van der Waals surface area contributed by atoms with Crippen molar-refractivity contribution in [2.75, 3.05) is 6.26 Å². The molecule has 2 amide bonds. The molecule has 1 aliphatic heterocycles. The van der Waals surface area contributed by atoms with Crippen molar-refractivity contribution in [2.45, 2.75) is 19.3 Å². The molecule has 1 aliphatic carbocycles. The van der Waals surface area contributed by atoms with Crippen LogP contribution in [0.15, 0.2) is 0 Å². The number of piperidine rings is 1. The summed E-state index contributed by atoms with van der Waals surface area (Å²) in [5.41, 5.74) is 0. The third-order valence-electron chi connectivity index (χ3n) is 2.74. The average Bonchev–Trinajstić information content (AvgIpc) is 2.54. The van der Waals surface area contributed by atoms with Crippen molar-refractivity contribution in [1.82, 2.24) is 5.06 Å². The Morgan fingerprint density at radius 2 is 1.67 bits per heavy atom. The molecule has 0 radical (unpaired) electrons. The molecule has 0 N–H and O–H groups in total. The zero-order chi connectivity index (χ0) is 11.2. The Hall–Kier alpha value is -0.950. The Morgan fingerprint density at radius 3 is 2.07 bits per heavy atom. The van der Waals surface area contributed by atoms with E-state index in [1.54, 1.807) is 0 Å². The molecule has 2 aliphatic rings. The molecule has 0 aromatic carbocycles. The van der Waals surface area contributed by atoms with E-state index >= 15 is 0 Å². The van der Waals surface area contributed by atoms with Gasteiger partial charge in [0.1, 0.15) is 0 Å². The zero-order valence-electron chi connectivity index (χ0n) is 8.17. The third-order valence-corrected chi connectivity index (χ3v) is 3.16. The highest BCUT2D eigenvalue weighted by Crippen LogP contribution is 2.38. The van der Waals surface area contributed by atoms with Gasteiger partial charge in [-0.1, -0.05) is 0 Å². The molecule has 1 heterocycles. The molecular formula is C8H11NO5S. The number of carbonyl (C=O) groups is 2. The highest BCUT2D eigenvalue weighted by molar-refractivity contribution is 7.85. The predicted molar refractivity (Wildman–Crippen MR) is 48.6 cm³/mol. The molecule has 84 valence electrons. The van der Waals surface area contributed by atoms with Crippen molar-refractivity contribution in [1.29, 1.82) is 0 Å². The predicted octanol–water partition coefficient (Wildman–Crippen LogP) is -0.337. The first-order chi connectivity index (χ1) is 6.88. The summed E-state index contributed by atoms with van der Waals surface area (Å²) in [5, 5.41) is 0.418. The molecule has 0 spiro atoms. The molecule has 7 heteroatoms. The lowest BCUT2D eigenvalue weighted by Crippen LogP contribution is -2.46. The van der Waals surface area contributed by atoms with E-state index in [1.807, 2.05) is 0 Å². The summed E-state index contributed by atoms with van der Waals surface area (Å²) in [4.78, 5) is 23.2. The molecular weight excluding hydrogens is 222 g/mol. The van der Waals surface area contributed by atoms with Crippen LogP contribution in [0.25, 0.3) is 0 Å². The Bertz CT molecular complexity index is 393. The van der Waals surface area contributed by atoms with Gasteiger partial charge in [0, 0.05) is 11.8 Å². The topological polar surface area (TPSA) is 80.8 Å². The van der Waals surface area contributed by atoms with Gasteiger partial charge >= 0.3 is 0 Å². The number of amides is 2. The van der Waals surface area contributed by atoms with Crippen molar-refractivity contribution in [3.8, 4) is 0 Å². The highest BCUT2D eigenvalue weighted by Gasteiger charge is 2.47. The van der Waals surface area contributed by atoms with Gasteiger partial charge in [-0.05, 0) is 19.3 Å². The summed E-state index contributed by atoms with van der Waals surface area (Å²) in [6.07, 6.45) is 2.61. The van der Waals surface area contributed by atoms with E-state index in [0.717, 1.165) is 6.26 Å². The largest absolute Gasteiger partial charge is 0.285 e. The fourth-order valence-corrected chi connectivity index (χ4v) is 2.50. The smallest absolute Gasteiger partial charge is 0.272 e. The molecule has 0 aromatic heterocycles. The molecule has 1 saturated carbocycles. The van der Waals surface area contributed by atoms with E-state index in [2.05, 4.69) is 4.28 Å². The Labute approximate surface area is 87.3 Å². The molecule has 0 aromatic rings. The molecule has 2 atom stereocenters. The lowest BCUT2D eigenvalue weighted by Gasteiger charge is -2.26. The minimum Gasteiger partial charge on any atom is -0.272 e. The van der Waals surface area contributed by atoms with E-state index in [0.29, 0.717) is 24.3 Å². The molecule has 2 fully saturated rings. The van der Waals surface area contributed by atoms with Gasteiger partial charge in [-0.2, -0.15) is 8.42 Å². The molecule has 15 heavy (non-hydrogen) atoms. The normalized spacial score (nSPS) is 31.1. The van der Waals surface area contributed by atoms with Gasteiger partial charge < -0.3 is 0 Å². The van der Waals surface area contributed by atoms with Crippen LogP contribution in [0.4, 0.5) is 0 Å². The standard InChI is InChI=1S/C8H11NO5S/c1-15(12,13)14-9-7(10)5-2-3-6(4-5)8(9)11/h5-6H,2-4H2,1H3. The molecule has 2 bridgehead atoms. The maximum absolute atomic E-state index is 11.6. The van der Waals surface area contributed by atoms with E-state index in [9.17, 15) is 18.0 Å². The van der Waals surface area contributed by atoms with E-state index in [1.165, 1.54) is 0 Å². The van der Waals surface area contributed by atoms with Crippen LogP contribution in [0, 0.1) is 11.8 Å². The van der Waals surface area contributed by atoms with Crippen molar-refractivity contribution < 1.29 is 22.3 Å². The summed E-state index contributed by atoms with van der Waals surface area (Å²) >= 11 is 0. The summed E-state index contributed by atoms with van der Waals surface area (Å²) in [5.74, 6) is -1.57. The fourth-order valence-electron chi connectivity index (χ4n) is 2.08. The molecule has 6 nitrogen and oxygen atoms in total. The van der Waals surface area contributed by atoms with Gasteiger partial charge in [-0.3, -0.25) is 9.59 Å². The van der Waals surface area contributed by atoms with Crippen molar-refractivity contribution >= 4 is 21.9 Å². The van der Waals surface area contributed by atoms with Crippen LogP contribution in [0.1, 0.15) is 19.3 Å². The summed E-state index contributed by atoms with van der Waals surface area (Å²) < 4.78 is 26.1. The number of imide groups is 1. The van der Waals surface area contributed by atoms with Crippen LogP contribution in [0.5, 0.6) is 0 Å². The van der Waals surface area contributed by atoms with Gasteiger partial charge in [-0.15, -0.1) is 9.35 Å². The van der Waals surface area contributed by atoms with Gasteiger partial charge in [0.15, 0.2) is 0 Å². The molecule has 1 saturated heterocycles. The molecule has 2 unspecified atom stereocenters. The van der Waals surface area contributed by atoms with Crippen LogP contribution in [0.2, 0.25) is 0 Å². The van der Waals surface area contributed by atoms with E-state index in [-0.39, 0.29) is 11.8 Å². The highest BCUT2D eigenvalue weighted by atomic mass is 32.2. The first kappa shape index (κ1) is 10.6. The van der Waals surface area contributed by atoms with Gasteiger partial charge in [0.25, 0.3) is 21.9 Å². The Kier molecular flexibility index (Phi) is 2.31. The second-order valence-corrected chi connectivity index (χ2v) is 5.51. The van der Waals surface area contributed by atoms with Crippen LogP contribution in [-0.4, -0.2) is 31.6 Å². The van der Waals surface area contributed by atoms with Crippen LogP contribution in [-0.2, 0) is 24.0 Å². The minimum absolute atomic E-state index is 0.255. The van der Waals surface area contributed by atoms with Crippen LogP contribution < -0.4 is 0 Å².